The smallest absolute Gasteiger partial charge is 0.244 e. The zero-order chi connectivity index (χ0) is 14.6. The van der Waals surface area contributed by atoms with Crippen molar-refractivity contribution in [2.45, 2.75) is 57.7 Å². The molecule has 0 aromatic heterocycles. The van der Waals surface area contributed by atoms with Gasteiger partial charge < -0.3 is 4.90 Å². The molecule has 3 nitrogen and oxygen atoms in total. The van der Waals surface area contributed by atoms with E-state index in [4.69, 9.17) is 0 Å². The number of amides is 1. The standard InChI is InChI=1S/C18H24N2O/c1-12-3-6-15(13(2)11-12)16-19-18(8-9-18)17(21)20(16)10-7-14-4-5-14/h3,6,11,14,16,19H,4-5,7-10H2,1-2H3. The van der Waals surface area contributed by atoms with Crippen LogP contribution in [0.1, 0.15) is 55.0 Å². The molecule has 1 atom stereocenters. The minimum Gasteiger partial charge on any atom is -0.321 e. The lowest BCUT2D eigenvalue weighted by Gasteiger charge is -2.26. The summed E-state index contributed by atoms with van der Waals surface area (Å²) in [5.74, 6) is 1.21. The monoisotopic (exact) mass is 284 g/mol. The zero-order valence-corrected chi connectivity index (χ0v) is 13.0. The average molecular weight is 284 g/mol. The molecule has 2 aliphatic carbocycles. The lowest BCUT2D eigenvalue weighted by atomic mass is 10.0. The second-order valence-electron chi connectivity index (χ2n) is 7.22. The summed E-state index contributed by atoms with van der Waals surface area (Å²) in [6, 6.07) is 6.57. The summed E-state index contributed by atoms with van der Waals surface area (Å²) < 4.78 is 0. The van der Waals surface area contributed by atoms with Crippen LogP contribution in [0.15, 0.2) is 18.2 Å². The van der Waals surface area contributed by atoms with Crippen LogP contribution in [0.25, 0.3) is 0 Å². The van der Waals surface area contributed by atoms with Crippen LogP contribution >= 0.6 is 0 Å². The zero-order valence-electron chi connectivity index (χ0n) is 13.0. The van der Waals surface area contributed by atoms with E-state index in [-0.39, 0.29) is 11.7 Å². The van der Waals surface area contributed by atoms with Crippen molar-refractivity contribution in [3.63, 3.8) is 0 Å². The number of carbonyl (C=O) groups excluding carboxylic acids is 1. The molecular weight excluding hydrogens is 260 g/mol. The van der Waals surface area contributed by atoms with Gasteiger partial charge in [-0.1, -0.05) is 36.6 Å². The van der Waals surface area contributed by atoms with Crippen LogP contribution in [0.2, 0.25) is 0 Å². The Bertz CT molecular complexity index is 587. The normalized spacial score (nSPS) is 26.7. The maximum Gasteiger partial charge on any atom is 0.244 e. The molecule has 4 rings (SSSR count). The van der Waals surface area contributed by atoms with E-state index in [0.29, 0.717) is 5.91 Å². The van der Waals surface area contributed by atoms with Gasteiger partial charge in [-0.2, -0.15) is 0 Å². The van der Waals surface area contributed by atoms with Crippen molar-refractivity contribution in [2.75, 3.05) is 6.54 Å². The van der Waals surface area contributed by atoms with Gasteiger partial charge in [0.15, 0.2) is 0 Å². The Morgan fingerprint density at radius 1 is 1.29 bits per heavy atom. The molecule has 1 aromatic carbocycles. The lowest BCUT2D eigenvalue weighted by Crippen LogP contribution is -2.33. The number of carbonyl (C=O) groups is 1. The molecule has 1 amide bonds. The van der Waals surface area contributed by atoms with Gasteiger partial charge >= 0.3 is 0 Å². The van der Waals surface area contributed by atoms with E-state index >= 15 is 0 Å². The van der Waals surface area contributed by atoms with Gasteiger partial charge in [0, 0.05) is 6.54 Å². The van der Waals surface area contributed by atoms with Crippen LogP contribution in [-0.2, 0) is 4.79 Å². The number of aryl methyl sites for hydroxylation is 2. The van der Waals surface area contributed by atoms with Crippen molar-refractivity contribution < 1.29 is 4.79 Å². The second kappa shape index (κ2) is 4.57. The summed E-state index contributed by atoms with van der Waals surface area (Å²) in [5.41, 5.74) is 3.63. The van der Waals surface area contributed by atoms with Gasteiger partial charge in [0.1, 0.15) is 11.7 Å². The maximum absolute atomic E-state index is 12.7. The van der Waals surface area contributed by atoms with Gasteiger partial charge in [-0.15, -0.1) is 0 Å². The number of nitrogens with one attached hydrogen (secondary N) is 1. The molecule has 21 heavy (non-hydrogen) atoms. The average Bonchev–Trinajstić information content (AvgIpc) is 3.32. The number of rotatable bonds is 4. The molecule has 112 valence electrons. The molecule has 1 aliphatic heterocycles. The van der Waals surface area contributed by atoms with E-state index in [1.807, 2.05) is 0 Å². The largest absolute Gasteiger partial charge is 0.321 e. The van der Waals surface area contributed by atoms with Crippen LogP contribution in [0.3, 0.4) is 0 Å². The van der Waals surface area contributed by atoms with Gasteiger partial charge in [-0.25, -0.2) is 0 Å². The summed E-state index contributed by atoms with van der Waals surface area (Å²) in [4.78, 5) is 14.9. The summed E-state index contributed by atoms with van der Waals surface area (Å²) in [5, 5.41) is 3.64. The fraction of sp³-hybridized carbons (Fsp3) is 0.611. The van der Waals surface area contributed by atoms with Crippen LogP contribution in [0, 0.1) is 19.8 Å². The van der Waals surface area contributed by atoms with E-state index in [2.05, 4.69) is 42.3 Å². The fourth-order valence-electron chi connectivity index (χ4n) is 3.61. The molecule has 1 spiro atoms. The summed E-state index contributed by atoms with van der Waals surface area (Å²) in [6.45, 7) is 5.19. The van der Waals surface area contributed by atoms with Crippen molar-refractivity contribution >= 4 is 5.91 Å². The Labute approximate surface area is 126 Å². The number of benzene rings is 1. The lowest BCUT2D eigenvalue weighted by molar-refractivity contribution is -0.131. The Kier molecular flexibility index (Phi) is 2.90. The van der Waals surface area contributed by atoms with Crippen molar-refractivity contribution in [1.82, 2.24) is 10.2 Å². The first-order valence-electron chi connectivity index (χ1n) is 8.25. The minimum absolute atomic E-state index is 0.0827. The first kappa shape index (κ1) is 13.3. The van der Waals surface area contributed by atoms with E-state index < -0.39 is 0 Å². The number of nitrogens with zero attached hydrogens (tertiary/aromatic N) is 1. The number of hydrogen-bond donors (Lipinski definition) is 1. The third-order valence-corrected chi connectivity index (χ3v) is 5.34. The molecule has 3 heteroatoms. The van der Waals surface area contributed by atoms with Crippen LogP contribution in [0.4, 0.5) is 0 Å². The van der Waals surface area contributed by atoms with E-state index in [0.717, 1.165) is 25.3 Å². The summed E-state index contributed by atoms with van der Waals surface area (Å²) >= 11 is 0. The van der Waals surface area contributed by atoms with Crippen LogP contribution in [-0.4, -0.2) is 22.9 Å². The molecule has 3 fully saturated rings. The second-order valence-corrected chi connectivity index (χ2v) is 7.22. The highest BCUT2D eigenvalue weighted by atomic mass is 16.2. The van der Waals surface area contributed by atoms with Crippen molar-refractivity contribution in [1.29, 1.82) is 0 Å². The van der Waals surface area contributed by atoms with Crippen molar-refractivity contribution in [3.05, 3.63) is 34.9 Å². The van der Waals surface area contributed by atoms with E-state index in [9.17, 15) is 4.79 Å². The Balaban J connectivity index is 1.62. The highest BCUT2D eigenvalue weighted by Gasteiger charge is 2.59. The Morgan fingerprint density at radius 2 is 2.05 bits per heavy atom. The molecule has 0 bridgehead atoms. The van der Waals surface area contributed by atoms with Gasteiger partial charge in [-0.05, 0) is 50.2 Å². The minimum atomic E-state index is -0.217. The molecule has 1 saturated heterocycles. The molecule has 1 unspecified atom stereocenters. The predicted molar refractivity (Wildman–Crippen MR) is 82.8 cm³/mol. The van der Waals surface area contributed by atoms with Crippen LogP contribution < -0.4 is 5.32 Å². The molecule has 2 saturated carbocycles. The molecule has 3 aliphatic rings. The molecule has 0 radical (unpaired) electrons. The Hall–Kier alpha value is -1.35. The molecule has 1 aromatic rings. The van der Waals surface area contributed by atoms with E-state index in [1.165, 1.54) is 36.0 Å². The first-order valence-corrected chi connectivity index (χ1v) is 8.25. The van der Waals surface area contributed by atoms with Gasteiger partial charge in [0.05, 0.1) is 0 Å². The molecule has 1 N–H and O–H groups in total. The highest BCUT2D eigenvalue weighted by molar-refractivity contribution is 5.92. The van der Waals surface area contributed by atoms with Crippen molar-refractivity contribution in [2.24, 2.45) is 5.92 Å². The van der Waals surface area contributed by atoms with Crippen molar-refractivity contribution in [3.8, 4) is 0 Å². The fourth-order valence-corrected chi connectivity index (χ4v) is 3.61. The van der Waals surface area contributed by atoms with E-state index in [1.54, 1.807) is 0 Å². The first-order chi connectivity index (χ1) is 10.1. The topological polar surface area (TPSA) is 32.3 Å². The Morgan fingerprint density at radius 3 is 2.67 bits per heavy atom. The third-order valence-electron chi connectivity index (χ3n) is 5.34. The quantitative estimate of drug-likeness (QED) is 0.921. The van der Waals surface area contributed by atoms with Crippen LogP contribution in [0.5, 0.6) is 0 Å². The van der Waals surface area contributed by atoms with Gasteiger partial charge in [-0.3, -0.25) is 10.1 Å². The summed E-state index contributed by atoms with van der Waals surface area (Å²) in [6.07, 6.45) is 5.98. The van der Waals surface area contributed by atoms with Gasteiger partial charge in [0.2, 0.25) is 5.91 Å². The SMILES string of the molecule is Cc1ccc(C2NC3(CC3)C(=O)N2CCC2CC2)c(C)c1. The third kappa shape index (κ3) is 2.28. The number of hydrogen-bond acceptors (Lipinski definition) is 2. The highest BCUT2D eigenvalue weighted by Crippen LogP contribution is 2.47. The van der Waals surface area contributed by atoms with Gasteiger partial charge in [0.25, 0.3) is 0 Å². The summed E-state index contributed by atoms with van der Waals surface area (Å²) in [7, 11) is 0. The predicted octanol–water partition coefficient (Wildman–Crippen LogP) is 3.07. The molecule has 1 heterocycles. The maximum atomic E-state index is 12.7. The molecular formula is C18H24N2O.